The van der Waals surface area contributed by atoms with Gasteiger partial charge in [0.2, 0.25) is 0 Å². The van der Waals surface area contributed by atoms with Gasteiger partial charge < -0.3 is 14.2 Å². The maximum absolute atomic E-state index is 13.0. The van der Waals surface area contributed by atoms with Gasteiger partial charge in [-0.25, -0.2) is 4.98 Å². The lowest BCUT2D eigenvalue weighted by atomic mass is 10.1. The van der Waals surface area contributed by atoms with Crippen molar-refractivity contribution in [1.29, 1.82) is 0 Å². The number of amides is 1. The molecule has 1 N–H and O–H groups in total. The minimum Gasteiger partial charge on any atom is -0.380 e. The summed E-state index contributed by atoms with van der Waals surface area (Å²) in [6, 6.07) is 18.0. The van der Waals surface area contributed by atoms with E-state index in [1.165, 1.54) is 11.3 Å². The zero-order chi connectivity index (χ0) is 22.6. The highest BCUT2D eigenvalue weighted by molar-refractivity contribution is 7.14. The summed E-state index contributed by atoms with van der Waals surface area (Å²) in [6.07, 6.45) is 6.42. The van der Waals surface area contributed by atoms with E-state index in [4.69, 9.17) is 9.72 Å². The molecule has 1 saturated heterocycles. The number of para-hydroxylation sites is 1. The molecule has 1 aromatic carbocycles. The van der Waals surface area contributed by atoms with Crippen LogP contribution in [0.5, 0.6) is 0 Å². The topological polar surface area (TPSA) is 72.3 Å². The Morgan fingerprint density at radius 2 is 1.97 bits per heavy atom. The molecule has 7 nitrogen and oxygen atoms in total. The molecule has 0 unspecified atom stereocenters. The minimum atomic E-state index is -0.170. The molecule has 5 rings (SSSR count). The molecule has 8 heteroatoms. The third kappa shape index (κ3) is 4.67. The number of nitrogens with zero attached hydrogens (tertiary/aromatic N) is 4. The summed E-state index contributed by atoms with van der Waals surface area (Å²) in [7, 11) is 1.75. The summed E-state index contributed by atoms with van der Waals surface area (Å²) < 4.78 is 7.58. The van der Waals surface area contributed by atoms with Crippen LogP contribution in [0.2, 0.25) is 0 Å². The first kappa shape index (κ1) is 21.4. The number of carbonyl (C=O) groups is 1. The molecule has 0 radical (unpaired) electrons. The standard InChI is InChI=1S/C25H25N5O2S/c1-32-20-14-23(30(16-20)19-6-3-2-4-7-19)21-17-33-25(27-21)28-24(31)22-8-5-13-29(22)15-18-9-11-26-12-10-18/h2-13,17,20,23H,14-16H2,1H3,(H,27,28,31)/t20-,23-/m1/s1. The highest BCUT2D eigenvalue weighted by Gasteiger charge is 2.35. The average Bonchev–Trinajstić information content (AvgIpc) is 3.60. The average molecular weight is 460 g/mol. The second kappa shape index (κ2) is 9.56. The first-order chi connectivity index (χ1) is 16.2. The predicted molar refractivity (Wildman–Crippen MR) is 130 cm³/mol. The third-order valence-electron chi connectivity index (χ3n) is 5.93. The van der Waals surface area contributed by atoms with Crippen molar-refractivity contribution in [1.82, 2.24) is 14.5 Å². The Labute approximate surface area is 196 Å². The Morgan fingerprint density at radius 1 is 1.15 bits per heavy atom. The largest absolute Gasteiger partial charge is 0.380 e. The van der Waals surface area contributed by atoms with Gasteiger partial charge in [-0.3, -0.25) is 15.1 Å². The van der Waals surface area contributed by atoms with Crippen LogP contribution >= 0.6 is 11.3 Å². The molecule has 4 aromatic rings. The van der Waals surface area contributed by atoms with Gasteiger partial charge in [0.25, 0.3) is 5.91 Å². The summed E-state index contributed by atoms with van der Waals surface area (Å²) in [5.41, 5.74) is 3.77. The molecule has 1 aliphatic rings. The van der Waals surface area contributed by atoms with E-state index in [1.54, 1.807) is 19.5 Å². The fourth-order valence-electron chi connectivity index (χ4n) is 4.25. The first-order valence-corrected chi connectivity index (χ1v) is 11.7. The number of hydrogen-bond acceptors (Lipinski definition) is 6. The molecule has 0 saturated carbocycles. The number of thiazole rings is 1. The molecule has 33 heavy (non-hydrogen) atoms. The van der Waals surface area contributed by atoms with Crippen molar-refractivity contribution in [3.63, 3.8) is 0 Å². The van der Waals surface area contributed by atoms with Gasteiger partial charge >= 0.3 is 0 Å². The highest BCUT2D eigenvalue weighted by Crippen LogP contribution is 2.38. The van der Waals surface area contributed by atoms with E-state index in [0.29, 0.717) is 17.4 Å². The Balaban J connectivity index is 1.31. The molecule has 1 amide bonds. The number of carbonyl (C=O) groups excluding carboxylic acids is 1. The van der Waals surface area contributed by atoms with Crippen molar-refractivity contribution in [2.45, 2.75) is 25.1 Å². The van der Waals surface area contributed by atoms with Crippen LogP contribution in [0.3, 0.4) is 0 Å². The number of rotatable bonds is 7. The number of aromatic nitrogens is 3. The van der Waals surface area contributed by atoms with Gasteiger partial charge in [0.1, 0.15) is 5.69 Å². The van der Waals surface area contributed by atoms with Crippen LogP contribution in [0.15, 0.2) is 78.6 Å². The van der Waals surface area contributed by atoms with E-state index in [-0.39, 0.29) is 18.1 Å². The summed E-state index contributed by atoms with van der Waals surface area (Å²) in [6.45, 7) is 1.42. The van der Waals surface area contributed by atoms with Crippen molar-refractivity contribution in [2.24, 2.45) is 0 Å². The van der Waals surface area contributed by atoms with Crippen LogP contribution in [-0.4, -0.2) is 40.2 Å². The van der Waals surface area contributed by atoms with Crippen LogP contribution < -0.4 is 10.2 Å². The van der Waals surface area contributed by atoms with Gasteiger partial charge in [0.05, 0.1) is 17.8 Å². The minimum absolute atomic E-state index is 0.106. The number of methoxy groups -OCH3 is 1. The zero-order valence-electron chi connectivity index (χ0n) is 18.3. The Hall–Kier alpha value is -3.49. The lowest BCUT2D eigenvalue weighted by Crippen LogP contribution is -2.24. The molecule has 0 aliphatic carbocycles. The van der Waals surface area contributed by atoms with Crippen LogP contribution in [0.25, 0.3) is 0 Å². The number of hydrogen-bond donors (Lipinski definition) is 1. The maximum atomic E-state index is 13.0. The van der Waals surface area contributed by atoms with Gasteiger partial charge in [-0.2, -0.15) is 0 Å². The fraction of sp³-hybridized carbons (Fsp3) is 0.240. The molecular formula is C25H25N5O2S. The molecule has 0 spiro atoms. The zero-order valence-corrected chi connectivity index (χ0v) is 19.1. The summed E-state index contributed by atoms with van der Waals surface area (Å²) >= 11 is 1.45. The summed E-state index contributed by atoms with van der Waals surface area (Å²) in [5.74, 6) is -0.170. The van der Waals surface area contributed by atoms with Gasteiger partial charge in [0.15, 0.2) is 5.13 Å². The molecular weight excluding hydrogens is 434 g/mol. The molecule has 1 aliphatic heterocycles. The third-order valence-corrected chi connectivity index (χ3v) is 6.71. The van der Waals surface area contributed by atoms with Crippen molar-refractivity contribution < 1.29 is 9.53 Å². The molecule has 1 fully saturated rings. The normalized spacial score (nSPS) is 17.9. The van der Waals surface area contributed by atoms with Gasteiger partial charge in [0, 0.05) is 56.3 Å². The van der Waals surface area contributed by atoms with E-state index in [2.05, 4.69) is 27.3 Å². The van der Waals surface area contributed by atoms with E-state index in [9.17, 15) is 4.79 Å². The van der Waals surface area contributed by atoms with Crippen LogP contribution in [0.4, 0.5) is 10.8 Å². The number of benzene rings is 1. The van der Waals surface area contributed by atoms with Gasteiger partial charge in [-0.1, -0.05) is 18.2 Å². The number of anilines is 2. The summed E-state index contributed by atoms with van der Waals surface area (Å²) in [4.78, 5) is 24.1. The Kier molecular flexibility index (Phi) is 6.19. The SMILES string of the molecule is CO[C@@H]1C[C@H](c2csc(NC(=O)c3cccn3Cc3ccncc3)n2)N(c2ccccc2)C1. The summed E-state index contributed by atoms with van der Waals surface area (Å²) in [5, 5.41) is 5.61. The fourth-order valence-corrected chi connectivity index (χ4v) is 5.01. The van der Waals surface area contributed by atoms with Gasteiger partial charge in [-0.15, -0.1) is 11.3 Å². The highest BCUT2D eigenvalue weighted by atomic mass is 32.1. The Morgan fingerprint density at radius 3 is 2.76 bits per heavy atom. The lowest BCUT2D eigenvalue weighted by Gasteiger charge is -2.25. The van der Waals surface area contributed by atoms with Crippen molar-refractivity contribution in [3.8, 4) is 0 Å². The van der Waals surface area contributed by atoms with Crippen molar-refractivity contribution in [3.05, 3.63) is 95.5 Å². The van der Waals surface area contributed by atoms with Crippen LogP contribution in [0, 0.1) is 0 Å². The van der Waals surface area contributed by atoms with Crippen LogP contribution in [-0.2, 0) is 11.3 Å². The maximum Gasteiger partial charge on any atom is 0.274 e. The van der Waals surface area contributed by atoms with Gasteiger partial charge in [-0.05, 0) is 42.0 Å². The second-order valence-electron chi connectivity index (χ2n) is 8.01. The van der Waals surface area contributed by atoms with E-state index >= 15 is 0 Å². The molecule has 3 aromatic heterocycles. The molecule has 4 heterocycles. The molecule has 2 atom stereocenters. The lowest BCUT2D eigenvalue weighted by molar-refractivity contribution is 0.101. The van der Waals surface area contributed by atoms with Crippen molar-refractivity contribution in [2.75, 3.05) is 23.9 Å². The first-order valence-electron chi connectivity index (χ1n) is 10.9. The van der Waals surface area contributed by atoms with E-state index in [1.807, 2.05) is 58.6 Å². The number of nitrogens with one attached hydrogen (secondary N) is 1. The van der Waals surface area contributed by atoms with E-state index in [0.717, 1.165) is 29.9 Å². The quantitative estimate of drug-likeness (QED) is 0.437. The smallest absolute Gasteiger partial charge is 0.274 e. The predicted octanol–water partition coefficient (Wildman–Crippen LogP) is 4.61. The number of ether oxygens (including phenoxy) is 1. The molecule has 168 valence electrons. The molecule has 0 bridgehead atoms. The van der Waals surface area contributed by atoms with E-state index < -0.39 is 0 Å². The van der Waals surface area contributed by atoms with Crippen molar-refractivity contribution >= 4 is 28.1 Å². The monoisotopic (exact) mass is 459 g/mol. The van der Waals surface area contributed by atoms with Crippen LogP contribution in [0.1, 0.15) is 34.2 Å². The Bertz CT molecular complexity index is 1210. The number of pyridine rings is 1. The second-order valence-corrected chi connectivity index (χ2v) is 8.86.